The van der Waals surface area contributed by atoms with Crippen molar-refractivity contribution < 1.29 is 28.9 Å². The van der Waals surface area contributed by atoms with Crippen molar-refractivity contribution in [3.05, 3.63) is 45.8 Å². The molecule has 32 heavy (non-hydrogen) atoms. The van der Waals surface area contributed by atoms with Crippen LogP contribution in [0.2, 0.25) is 0 Å². The van der Waals surface area contributed by atoms with Crippen LogP contribution in [-0.4, -0.2) is 59.0 Å². The van der Waals surface area contributed by atoms with E-state index in [1.807, 2.05) is 0 Å². The molecule has 0 bridgehead atoms. The quantitative estimate of drug-likeness (QED) is 0.431. The topological polar surface area (TPSA) is 145 Å². The van der Waals surface area contributed by atoms with Crippen molar-refractivity contribution in [3.8, 4) is 22.9 Å². The SMILES string of the molecule is COC(=O)c1csc(NC(=O)[C@H]([C@@H](C)OC)n2c(O)c(-c3ccc(OC)cc3)[nH]c2=O)n1. The first-order valence-electron chi connectivity index (χ1n) is 9.36. The van der Waals surface area contributed by atoms with E-state index in [1.165, 1.54) is 26.7 Å². The molecule has 12 heteroatoms. The van der Waals surface area contributed by atoms with Crippen LogP contribution in [0, 0.1) is 0 Å². The average Bonchev–Trinajstić information content (AvgIpc) is 3.38. The summed E-state index contributed by atoms with van der Waals surface area (Å²) in [5.41, 5.74) is -0.00801. The number of carbonyl (C=O) groups is 2. The largest absolute Gasteiger partial charge is 0.497 e. The number of esters is 1. The minimum Gasteiger partial charge on any atom is -0.497 e. The molecule has 0 aliphatic carbocycles. The highest BCUT2D eigenvalue weighted by Crippen LogP contribution is 2.31. The summed E-state index contributed by atoms with van der Waals surface area (Å²) in [5, 5.41) is 14.9. The Morgan fingerprint density at radius 3 is 2.50 bits per heavy atom. The number of ether oxygens (including phenoxy) is 3. The Labute approximate surface area is 186 Å². The molecule has 2 heterocycles. The molecule has 3 N–H and O–H groups in total. The van der Waals surface area contributed by atoms with Crippen molar-refractivity contribution >= 4 is 28.3 Å². The normalized spacial score (nSPS) is 12.8. The van der Waals surface area contributed by atoms with Gasteiger partial charge in [-0.2, -0.15) is 0 Å². The summed E-state index contributed by atoms with van der Waals surface area (Å²) in [6, 6.07) is 5.43. The van der Waals surface area contributed by atoms with Crippen LogP contribution in [0.1, 0.15) is 23.5 Å². The standard InChI is InChI=1S/C20H22N4O7S/c1-10(29-2)15(16(25)23-19-21-13(9-32-19)18(27)31-4)24-17(26)14(22-20(24)28)11-5-7-12(30-3)8-6-11/h5-10,15,26H,1-4H3,(H,22,28)(H,21,23,25)/t10-,15+/m1/s1. The molecular weight excluding hydrogens is 440 g/mol. The van der Waals surface area contributed by atoms with Crippen molar-refractivity contribution in [2.45, 2.75) is 19.1 Å². The Kier molecular flexibility index (Phi) is 6.95. The van der Waals surface area contributed by atoms with Gasteiger partial charge in [0.2, 0.25) is 5.88 Å². The van der Waals surface area contributed by atoms with E-state index in [9.17, 15) is 19.5 Å². The summed E-state index contributed by atoms with van der Waals surface area (Å²) in [5.74, 6) is -1.14. The fourth-order valence-electron chi connectivity index (χ4n) is 3.03. The number of nitrogens with zero attached hydrogens (tertiary/aromatic N) is 2. The zero-order valence-electron chi connectivity index (χ0n) is 17.7. The maximum Gasteiger partial charge on any atom is 0.357 e. The predicted molar refractivity (Wildman–Crippen MR) is 116 cm³/mol. The van der Waals surface area contributed by atoms with Crippen LogP contribution in [0.5, 0.6) is 11.6 Å². The van der Waals surface area contributed by atoms with E-state index in [2.05, 4.69) is 20.0 Å². The Morgan fingerprint density at radius 2 is 1.91 bits per heavy atom. The molecule has 0 aliphatic heterocycles. The number of aromatic amines is 1. The highest BCUT2D eigenvalue weighted by atomic mass is 32.1. The van der Waals surface area contributed by atoms with Gasteiger partial charge >= 0.3 is 11.7 Å². The van der Waals surface area contributed by atoms with Crippen LogP contribution in [0.25, 0.3) is 11.3 Å². The number of aromatic hydroxyl groups is 1. The van der Waals surface area contributed by atoms with Crippen LogP contribution in [0.4, 0.5) is 5.13 Å². The number of carbonyl (C=O) groups excluding carboxylic acids is 2. The van der Waals surface area contributed by atoms with E-state index < -0.39 is 35.6 Å². The number of rotatable bonds is 8. The molecule has 0 saturated heterocycles. The minimum atomic E-state index is -1.23. The van der Waals surface area contributed by atoms with Crippen LogP contribution in [-0.2, 0) is 14.3 Å². The molecule has 0 unspecified atom stereocenters. The predicted octanol–water partition coefficient (Wildman–Crippen LogP) is 2.02. The molecule has 1 amide bonds. The van der Waals surface area contributed by atoms with Gasteiger partial charge in [0.1, 0.15) is 17.5 Å². The highest BCUT2D eigenvalue weighted by Gasteiger charge is 2.33. The number of H-pyrrole nitrogens is 1. The lowest BCUT2D eigenvalue weighted by Gasteiger charge is -2.22. The lowest BCUT2D eigenvalue weighted by Crippen LogP contribution is -2.39. The van der Waals surface area contributed by atoms with Gasteiger partial charge in [-0.25, -0.2) is 19.1 Å². The number of thiazole rings is 1. The van der Waals surface area contributed by atoms with Gasteiger partial charge in [0, 0.05) is 18.1 Å². The van der Waals surface area contributed by atoms with Crippen molar-refractivity contribution in [1.82, 2.24) is 14.5 Å². The molecule has 0 saturated carbocycles. The van der Waals surface area contributed by atoms with E-state index in [4.69, 9.17) is 9.47 Å². The number of aromatic nitrogens is 3. The molecule has 3 rings (SSSR count). The summed E-state index contributed by atoms with van der Waals surface area (Å²) >= 11 is 1.01. The summed E-state index contributed by atoms with van der Waals surface area (Å²) in [6.45, 7) is 1.58. The van der Waals surface area contributed by atoms with Gasteiger partial charge in [0.15, 0.2) is 10.8 Å². The second-order valence-corrected chi connectivity index (χ2v) is 7.49. The van der Waals surface area contributed by atoms with Crippen LogP contribution < -0.4 is 15.7 Å². The molecule has 3 aromatic rings. The minimum absolute atomic E-state index is 0.0348. The third-order valence-electron chi connectivity index (χ3n) is 4.77. The van der Waals surface area contributed by atoms with E-state index in [0.717, 1.165) is 15.9 Å². The monoisotopic (exact) mass is 462 g/mol. The Bertz CT molecular complexity index is 1170. The second kappa shape index (κ2) is 9.66. The van der Waals surface area contributed by atoms with Crippen molar-refractivity contribution in [2.24, 2.45) is 0 Å². The van der Waals surface area contributed by atoms with Crippen LogP contribution >= 0.6 is 11.3 Å². The zero-order valence-corrected chi connectivity index (χ0v) is 18.6. The van der Waals surface area contributed by atoms with Gasteiger partial charge in [0.25, 0.3) is 5.91 Å². The molecule has 0 aliphatic rings. The zero-order chi connectivity index (χ0) is 23.4. The third-order valence-corrected chi connectivity index (χ3v) is 5.53. The summed E-state index contributed by atoms with van der Waals surface area (Å²) in [7, 11) is 4.12. The van der Waals surface area contributed by atoms with Gasteiger partial charge in [-0.05, 0) is 31.2 Å². The number of nitrogens with one attached hydrogen (secondary N) is 2. The van der Waals surface area contributed by atoms with Gasteiger partial charge < -0.3 is 29.6 Å². The van der Waals surface area contributed by atoms with Gasteiger partial charge in [-0.15, -0.1) is 11.3 Å². The number of anilines is 1. The van der Waals surface area contributed by atoms with Crippen molar-refractivity contribution in [1.29, 1.82) is 0 Å². The summed E-state index contributed by atoms with van der Waals surface area (Å²) < 4.78 is 15.9. The molecule has 0 fully saturated rings. The number of imidazole rings is 1. The summed E-state index contributed by atoms with van der Waals surface area (Å²) in [6.07, 6.45) is -0.793. The van der Waals surface area contributed by atoms with E-state index in [0.29, 0.717) is 11.3 Å². The van der Waals surface area contributed by atoms with Gasteiger partial charge in [-0.1, -0.05) is 0 Å². The third kappa shape index (κ3) is 4.50. The van der Waals surface area contributed by atoms with E-state index in [-0.39, 0.29) is 16.5 Å². The van der Waals surface area contributed by atoms with Crippen molar-refractivity contribution in [2.75, 3.05) is 26.6 Å². The van der Waals surface area contributed by atoms with Crippen LogP contribution in [0.15, 0.2) is 34.4 Å². The molecule has 2 atom stereocenters. The Balaban J connectivity index is 1.96. The van der Waals surface area contributed by atoms with Gasteiger partial charge in [-0.3, -0.25) is 4.79 Å². The number of hydrogen-bond acceptors (Lipinski definition) is 9. The van der Waals surface area contributed by atoms with Crippen LogP contribution in [0.3, 0.4) is 0 Å². The van der Waals surface area contributed by atoms with E-state index in [1.54, 1.807) is 31.2 Å². The first kappa shape index (κ1) is 23.0. The smallest absolute Gasteiger partial charge is 0.357 e. The molecule has 11 nitrogen and oxygen atoms in total. The van der Waals surface area contributed by atoms with Crippen molar-refractivity contribution in [3.63, 3.8) is 0 Å². The van der Waals surface area contributed by atoms with Gasteiger partial charge in [0.05, 0.1) is 20.3 Å². The fraction of sp³-hybridized carbons (Fsp3) is 0.300. The number of amides is 1. The summed E-state index contributed by atoms with van der Waals surface area (Å²) in [4.78, 5) is 43.9. The lowest BCUT2D eigenvalue weighted by molar-refractivity contribution is -0.123. The maximum absolute atomic E-state index is 13.1. The Morgan fingerprint density at radius 1 is 1.22 bits per heavy atom. The highest BCUT2D eigenvalue weighted by molar-refractivity contribution is 7.14. The number of hydrogen-bond donors (Lipinski definition) is 3. The molecule has 1 aromatic carbocycles. The molecular formula is C20H22N4O7S. The molecule has 2 aromatic heterocycles. The first-order valence-corrected chi connectivity index (χ1v) is 10.2. The number of methoxy groups -OCH3 is 3. The first-order chi connectivity index (χ1) is 15.3. The fourth-order valence-corrected chi connectivity index (χ4v) is 3.72. The lowest BCUT2D eigenvalue weighted by atomic mass is 10.1. The second-order valence-electron chi connectivity index (χ2n) is 6.63. The number of benzene rings is 1. The molecule has 170 valence electrons. The Hall–Kier alpha value is -3.64. The average molecular weight is 462 g/mol. The maximum atomic E-state index is 13.1. The molecule has 0 radical (unpaired) electrons. The molecule has 0 spiro atoms. The van der Waals surface area contributed by atoms with E-state index >= 15 is 0 Å².